The van der Waals surface area contributed by atoms with Gasteiger partial charge in [0.1, 0.15) is 5.75 Å². The standard InChI is InChI=1S/C10H14N2O6S/c1-7-10(14)9(8(6-13)4-12-7)5-11-2-3-18-19(15,16)17/h4-5,13-14H,2-3,6H2,1H3,(H,15,16,17)/p-1. The Morgan fingerprint density at radius 2 is 2.26 bits per heavy atom. The summed E-state index contributed by atoms with van der Waals surface area (Å²) in [6.45, 7) is 0.795. The average molecular weight is 289 g/mol. The molecule has 1 rings (SSSR count). The predicted octanol–water partition coefficient (Wildman–Crippen LogP) is -0.516. The normalized spacial score (nSPS) is 12.2. The zero-order valence-corrected chi connectivity index (χ0v) is 10.9. The van der Waals surface area contributed by atoms with E-state index >= 15 is 0 Å². The molecule has 9 heteroatoms. The summed E-state index contributed by atoms with van der Waals surface area (Å²) in [6.07, 6.45) is 2.66. The fourth-order valence-electron chi connectivity index (χ4n) is 1.27. The largest absolute Gasteiger partial charge is 0.726 e. The monoisotopic (exact) mass is 289 g/mol. The van der Waals surface area contributed by atoms with Crippen molar-refractivity contribution in [1.29, 1.82) is 0 Å². The predicted molar refractivity (Wildman–Crippen MR) is 64.7 cm³/mol. The number of aliphatic hydroxyl groups excluding tert-OH is 1. The number of aromatic hydroxyl groups is 1. The van der Waals surface area contributed by atoms with Gasteiger partial charge in [-0.3, -0.25) is 14.2 Å². The lowest BCUT2D eigenvalue weighted by Gasteiger charge is -2.07. The first kappa shape index (κ1) is 15.5. The van der Waals surface area contributed by atoms with Gasteiger partial charge in [0.15, 0.2) is 0 Å². The highest BCUT2D eigenvalue weighted by Gasteiger charge is 2.08. The molecule has 0 unspecified atom stereocenters. The van der Waals surface area contributed by atoms with Crippen molar-refractivity contribution in [2.45, 2.75) is 13.5 Å². The molecule has 0 amide bonds. The smallest absolute Gasteiger partial charge is 0.217 e. The van der Waals surface area contributed by atoms with Crippen LogP contribution in [0.4, 0.5) is 0 Å². The number of rotatable bonds is 6. The third kappa shape index (κ3) is 4.91. The average Bonchev–Trinajstić information content (AvgIpc) is 2.32. The zero-order chi connectivity index (χ0) is 14.5. The van der Waals surface area contributed by atoms with Gasteiger partial charge < -0.3 is 14.8 Å². The maximum Gasteiger partial charge on any atom is 0.217 e. The summed E-state index contributed by atoms with van der Waals surface area (Å²) in [5, 5.41) is 18.8. The van der Waals surface area contributed by atoms with Gasteiger partial charge in [-0.15, -0.1) is 0 Å². The van der Waals surface area contributed by atoms with Crippen molar-refractivity contribution in [3.8, 4) is 5.75 Å². The first-order valence-corrected chi connectivity index (χ1v) is 6.57. The highest BCUT2D eigenvalue weighted by atomic mass is 32.3. The lowest BCUT2D eigenvalue weighted by atomic mass is 10.1. The van der Waals surface area contributed by atoms with Gasteiger partial charge in [-0.2, -0.15) is 0 Å². The maximum atomic E-state index is 10.2. The van der Waals surface area contributed by atoms with Crippen LogP contribution in [0.25, 0.3) is 0 Å². The van der Waals surface area contributed by atoms with Crippen molar-refractivity contribution in [2.75, 3.05) is 13.2 Å². The minimum Gasteiger partial charge on any atom is -0.726 e. The summed E-state index contributed by atoms with van der Waals surface area (Å²) in [7, 11) is -4.72. The Kier molecular flexibility index (Phi) is 5.36. The summed E-state index contributed by atoms with van der Waals surface area (Å²) < 4.78 is 34.4. The third-order valence-electron chi connectivity index (χ3n) is 2.20. The lowest BCUT2D eigenvalue weighted by Crippen LogP contribution is -2.07. The van der Waals surface area contributed by atoms with Crippen molar-refractivity contribution in [2.24, 2.45) is 4.99 Å². The molecule has 1 heterocycles. The van der Waals surface area contributed by atoms with Gasteiger partial charge in [0.05, 0.1) is 25.5 Å². The van der Waals surface area contributed by atoms with E-state index < -0.39 is 10.4 Å². The van der Waals surface area contributed by atoms with Crippen LogP contribution in [-0.4, -0.2) is 47.5 Å². The van der Waals surface area contributed by atoms with Crippen LogP contribution in [0.15, 0.2) is 11.2 Å². The number of nitrogens with zero attached hydrogens (tertiary/aromatic N) is 2. The Morgan fingerprint density at radius 3 is 2.84 bits per heavy atom. The van der Waals surface area contributed by atoms with E-state index in [4.69, 9.17) is 5.11 Å². The first-order valence-electron chi connectivity index (χ1n) is 5.23. The van der Waals surface area contributed by atoms with Crippen LogP contribution in [0.2, 0.25) is 0 Å². The van der Waals surface area contributed by atoms with E-state index in [9.17, 15) is 18.1 Å². The van der Waals surface area contributed by atoms with Crippen LogP contribution in [-0.2, 0) is 21.2 Å². The van der Waals surface area contributed by atoms with E-state index in [-0.39, 0.29) is 25.5 Å². The number of aromatic nitrogens is 1. The van der Waals surface area contributed by atoms with Crippen molar-refractivity contribution >= 4 is 16.6 Å². The van der Waals surface area contributed by atoms with Crippen LogP contribution in [0.3, 0.4) is 0 Å². The minimum atomic E-state index is -4.72. The number of aliphatic imine (C=N–C) groups is 1. The summed E-state index contributed by atoms with van der Waals surface area (Å²) >= 11 is 0. The summed E-state index contributed by atoms with van der Waals surface area (Å²) in [4.78, 5) is 7.67. The Balaban J connectivity index is 2.74. The van der Waals surface area contributed by atoms with Crippen LogP contribution >= 0.6 is 0 Å². The second kappa shape index (κ2) is 6.57. The molecule has 0 saturated heterocycles. The van der Waals surface area contributed by atoms with Crippen LogP contribution in [0, 0.1) is 6.92 Å². The van der Waals surface area contributed by atoms with E-state index in [0.717, 1.165) is 0 Å². The summed E-state index contributed by atoms with van der Waals surface area (Å²) in [5.74, 6) is -0.118. The topological polar surface area (TPSA) is 132 Å². The van der Waals surface area contributed by atoms with E-state index in [2.05, 4.69) is 14.2 Å². The molecule has 1 aromatic rings. The van der Waals surface area contributed by atoms with E-state index in [0.29, 0.717) is 16.8 Å². The summed E-state index contributed by atoms with van der Waals surface area (Å²) in [5.41, 5.74) is 1.04. The molecule has 0 atom stereocenters. The molecule has 0 aliphatic carbocycles. The van der Waals surface area contributed by atoms with Gasteiger partial charge in [0.25, 0.3) is 0 Å². The Bertz CT molecular complexity index is 570. The highest BCUT2D eigenvalue weighted by Crippen LogP contribution is 2.21. The Labute approximate surface area is 110 Å². The molecule has 0 aliphatic heterocycles. The molecule has 0 fully saturated rings. The number of hydrogen-bond donors (Lipinski definition) is 2. The van der Waals surface area contributed by atoms with Gasteiger partial charge in [-0.1, -0.05) is 0 Å². The van der Waals surface area contributed by atoms with Crippen molar-refractivity contribution in [3.05, 3.63) is 23.0 Å². The molecule has 106 valence electrons. The molecule has 0 bridgehead atoms. The molecule has 0 saturated carbocycles. The Morgan fingerprint density at radius 1 is 1.58 bits per heavy atom. The minimum absolute atomic E-state index is 0.0762. The van der Waals surface area contributed by atoms with E-state index in [1.807, 2.05) is 0 Å². The number of hydrogen-bond acceptors (Lipinski definition) is 8. The fraction of sp³-hybridized carbons (Fsp3) is 0.400. The van der Waals surface area contributed by atoms with Crippen molar-refractivity contribution in [3.63, 3.8) is 0 Å². The zero-order valence-electron chi connectivity index (χ0n) is 10.1. The van der Waals surface area contributed by atoms with Gasteiger partial charge in [-0.25, -0.2) is 8.42 Å². The highest BCUT2D eigenvalue weighted by molar-refractivity contribution is 7.80. The molecule has 0 aromatic carbocycles. The molecule has 19 heavy (non-hydrogen) atoms. The number of aryl methyl sites for hydroxylation is 1. The fourth-order valence-corrected chi connectivity index (χ4v) is 1.55. The van der Waals surface area contributed by atoms with Gasteiger partial charge in [0, 0.05) is 23.5 Å². The number of pyridine rings is 1. The van der Waals surface area contributed by atoms with Crippen LogP contribution < -0.4 is 0 Å². The molecule has 8 nitrogen and oxygen atoms in total. The van der Waals surface area contributed by atoms with Crippen molar-refractivity contribution < 1.29 is 27.4 Å². The molecule has 0 spiro atoms. The van der Waals surface area contributed by atoms with Gasteiger partial charge >= 0.3 is 0 Å². The lowest BCUT2D eigenvalue weighted by molar-refractivity contribution is 0.269. The SMILES string of the molecule is Cc1ncc(CO)c(C=NCCOS(=O)(=O)[O-])c1O. The molecule has 1 aromatic heterocycles. The van der Waals surface area contributed by atoms with E-state index in [1.165, 1.54) is 12.4 Å². The maximum absolute atomic E-state index is 10.2. The third-order valence-corrected chi connectivity index (χ3v) is 2.65. The molecular weight excluding hydrogens is 276 g/mol. The summed E-state index contributed by atoms with van der Waals surface area (Å²) in [6, 6.07) is 0. The first-order chi connectivity index (χ1) is 8.85. The molecular formula is C10H13N2O6S-. The second-order valence-corrected chi connectivity index (χ2v) is 4.61. The van der Waals surface area contributed by atoms with E-state index in [1.54, 1.807) is 6.92 Å². The van der Waals surface area contributed by atoms with Crippen molar-refractivity contribution in [1.82, 2.24) is 4.98 Å². The van der Waals surface area contributed by atoms with Gasteiger partial charge in [0.2, 0.25) is 10.4 Å². The second-order valence-electron chi connectivity index (χ2n) is 3.55. The molecule has 2 N–H and O–H groups in total. The van der Waals surface area contributed by atoms with Gasteiger partial charge in [-0.05, 0) is 6.92 Å². The molecule has 0 aliphatic rings. The molecule has 0 radical (unpaired) electrons. The quantitative estimate of drug-likeness (QED) is 0.312. The van der Waals surface area contributed by atoms with Crippen LogP contribution in [0.5, 0.6) is 5.75 Å². The Hall–Kier alpha value is -1.55. The number of aliphatic hydroxyl groups is 1. The van der Waals surface area contributed by atoms with Crippen LogP contribution in [0.1, 0.15) is 16.8 Å².